The quantitative estimate of drug-likeness (QED) is 0.309. The Kier molecular flexibility index (Phi) is 7.14. The van der Waals surface area contributed by atoms with Crippen molar-refractivity contribution in [1.29, 1.82) is 0 Å². The molecule has 9 heteroatoms. The van der Waals surface area contributed by atoms with Gasteiger partial charge in [0.25, 0.3) is 5.91 Å². The largest absolute Gasteiger partial charge is 0.462 e. The molecular formula is C25H21Cl2FN4O2. The highest BCUT2D eigenvalue weighted by Crippen LogP contribution is 2.30. The van der Waals surface area contributed by atoms with Crippen molar-refractivity contribution >= 4 is 34.8 Å². The number of aromatic nitrogens is 3. The fourth-order valence-corrected chi connectivity index (χ4v) is 3.43. The third-order valence-corrected chi connectivity index (χ3v) is 5.54. The van der Waals surface area contributed by atoms with Crippen LogP contribution in [0.3, 0.4) is 0 Å². The summed E-state index contributed by atoms with van der Waals surface area (Å²) in [6, 6.07) is 18.1. The lowest BCUT2D eigenvalue weighted by Gasteiger charge is -2.09. The van der Waals surface area contributed by atoms with Gasteiger partial charge in [0.05, 0.1) is 27.9 Å². The zero-order valence-corrected chi connectivity index (χ0v) is 19.9. The van der Waals surface area contributed by atoms with E-state index in [1.807, 2.05) is 13.8 Å². The average molecular weight is 499 g/mol. The van der Waals surface area contributed by atoms with E-state index < -0.39 is 11.7 Å². The third-order valence-electron chi connectivity index (χ3n) is 4.80. The van der Waals surface area contributed by atoms with Gasteiger partial charge >= 0.3 is 6.01 Å². The number of anilines is 1. The Morgan fingerprint density at radius 1 is 1.06 bits per heavy atom. The summed E-state index contributed by atoms with van der Waals surface area (Å²) in [5, 5.41) is 8.02. The van der Waals surface area contributed by atoms with Crippen molar-refractivity contribution in [2.24, 2.45) is 5.92 Å². The minimum atomic E-state index is -0.584. The Labute approximate surface area is 206 Å². The summed E-state index contributed by atoms with van der Waals surface area (Å²) >= 11 is 12.3. The minimum absolute atomic E-state index is 0.0308. The number of hydrogen-bond donors (Lipinski definition) is 1. The standard InChI is InChI=1S/C25H21Cl2FN4O2/c1-15(2)14-34-25-30-23(16-7-12-20(26)21(27)13-16)32(31-25)18-10-8-17(9-11-18)29-24(33)19-5-3-4-6-22(19)28/h3-13,15H,14H2,1-2H3,(H,29,33). The Hall–Kier alpha value is -3.42. The van der Waals surface area contributed by atoms with Gasteiger partial charge in [0.15, 0.2) is 5.82 Å². The normalized spacial score (nSPS) is 11.0. The summed E-state index contributed by atoms with van der Waals surface area (Å²) in [6.07, 6.45) is 0. The van der Waals surface area contributed by atoms with Crippen molar-refractivity contribution in [3.8, 4) is 23.1 Å². The summed E-state index contributed by atoms with van der Waals surface area (Å²) in [7, 11) is 0. The molecule has 6 nitrogen and oxygen atoms in total. The van der Waals surface area contributed by atoms with E-state index in [-0.39, 0.29) is 11.6 Å². The molecule has 1 amide bonds. The smallest absolute Gasteiger partial charge is 0.336 e. The van der Waals surface area contributed by atoms with Crippen LogP contribution < -0.4 is 10.1 Å². The molecule has 0 aliphatic rings. The van der Waals surface area contributed by atoms with Crippen LogP contribution in [0.15, 0.2) is 66.7 Å². The van der Waals surface area contributed by atoms with Crippen molar-refractivity contribution < 1.29 is 13.9 Å². The number of nitrogens with one attached hydrogen (secondary N) is 1. The van der Waals surface area contributed by atoms with Gasteiger partial charge in [-0.2, -0.15) is 4.98 Å². The highest BCUT2D eigenvalue weighted by Gasteiger charge is 2.17. The van der Waals surface area contributed by atoms with Gasteiger partial charge in [0, 0.05) is 11.3 Å². The monoisotopic (exact) mass is 498 g/mol. The predicted molar refractivity (Wildman–Crippen MR) is 132 cm³/mol. The van der Waals surface area contributed by atoms with E-state index in [2.05, 4.69) is 15.4 Å². The van der Waals surface area contributed by atoms with Crippen LogP contribution in [0.2, 0.25) is 10.0 Å². The SMILES string of the molecule is CC(C)COc1nc(-c2ccc(Cl)c(Cl)c2)n(-c2ccc(NC(=O)c3ccccc3F)cc2)n1. The van der Waals surface area contributed by atoms with Crippen molar-refractivity contribution in [3.05, 3.63) is 88.2 Å². The summed E-state index contributed by atoms with van der Waals surface area (Å²) in [6.45, 7) is 4.53. The lowest BCUT2D eigenvalue weighted by molar-refractivity contribution is 0.102. The minimum Gasteiger partial charge on any atom is -0.462 e. The van der Waals surface area contributed by atoms with Crippen LogP contribution in [0.5, 0.6) is 6.01 Å². The molecule has 0 fully saturated rings. The molecule has 0 saturated carbocycles. The Morgan fingerprint density at radius 2 is 1.79 bits per heavy atom. The lowest BCUT2D eigenvalue weighted by Crippen LogP contribution is -2.13. The van der Waals surface area contributed by atoms with Gasteiger partial charge in [0.1, 0.15) is 5.82 Å². The molecule has 174 valence electrons. The number of amides is 1. The first-order valence-corrected chi connectivity index (χ1v) is 11.3. The maximum atomic E-state index is 13.9. The second-order valence-corrected chi connectivity index (χ2v) is 8.76. The number of halogens is 3. The molecule has 0 aliphatic carbocycles. The van der Waals surface area contributed by atoms with Crippen LogP contribution in [-0.2, 0) is 0 Å². The fourth-order valence-electron chi connectivity index (χ4n) is 3.13. The molecule has 0 bridgehead atoms. The zero-order chi connectivity index (χ0) is 24.2. The average Bonchev–Trinajstić information content (AvgIpc) is 3.24. The van der Waals surface area contributed by atoms with Gasteiger partial charge < -0.3 is 10.1 Å². The second-order valence-electron chi connectivity index (χ2n) is 7.94. The van der Waals surface area contributed by atoms with E-state index in [9.17, 15) is 9.18 Å². The maximum Gasteiger partial charge on any atom is 0.336 e. The number of nitrogens with zero attached hydrogens (tertiary/aromatic N) is 3. The summed E-state index contributed by atoms with van der Waals surface area (Å²) in [5.74, 6) is -0.301. The number of carbonyl (C=O) groups excluding carboxylic acids is 1. The first-order valence-electron chi connectivity index (χ1n) is 10.5. The molecule has 0 atom stereocenters. The van der Waals surface area contributed by atoms with Crippen LogP contribution in [0.4, 0.5) is 10.1 Å². The number of ether oxygens (including phenoxy) is 1. The number of rotatable bonds is 7. The van der Waals surface area contributed by atoms with E-state index in [0.717, 1.165) is 0 Å². The van der Waals surface area contributed by atoms with Crippen LogP contribution in [-0.4, -0.2) is 27.3 Å². The van der Waals surface area contributed by atoms with Crippen LogP contribution in [0.25, 0.3) is 17.1 Å². The first kappa shape index (κ1) is 23.7. The second kappa shape index (κ2) is 10.2. The van der Waals surface area contributed by atoms with E-state index in [1.165, 1.54) is 18.2 Å². The van der Waals surface area contributed by atoms with Gasteiger partial charge in [-0.25, -0.2) is 9.07 Å². The van der Waals surface area contributed by atoms with Crippen molar-refractivity contribution in [2.75, 3.05) is 11.9 Å². The Morgan fingerprint density at radius 3 is 2.47 bits per heavy atom. The van der Waals surface area contributed by atoms with Crippen LogP contribution in [0, 0.1) is 11.7 Å². The Bertz CT molecular complexity index is 1320. The molecule has 1 N–H and O–H groups in total. The van der Waals surface area contributed by atoms with Crippen molar-refractivity contribution in [1.82, 2.24) is 14.8 Å². The van der Waals surface area contributed by atoms with Gasteiger partial charge in [-0.1, -0.05) is 49.2 Å². The van der Waals surface area contributed by atoms with Gasteiger partial charge in [-0.05, 0) is 60.5 Å². The summed E-state index contributed by atoms with van der Waals surface area (Å²) in [5.41, 5.74) is 1.86. The highest BCUT2D eigenvalue weighted by atomic mass is 35.5. The van der Waals surface area contributed by atoms with E-state index in [1.54, 1.807) is 53.2 Å². The predicted octanol–water partition coefficient (Wildman–Crippen LogP) is 6.67. The zero-order valence-electron chi connectivity index (χ0n) is 18.4. The molecule has 34 heavy (non-hydrogen) atoms. The topological polar surface area (TPSA) is 69.0 Å². The van der Waals surface area contributed by atoms with Gasteiger partial charge in [-0.15, -0.1) is 5.10 Å². The number of benzene rings is 3. The van der Waals surface area contributed by atoms with Crippen LogP contribution >= 0.6 is 23.2 Å². The fraction of sp³-hybridized carbons (Fsp3) is 0.160. The molecule has 4 aromatic rings. The molecule has 1 heterocycles. The molecule has 0 saturated heterocycles. The molecular weight excluding hydrogens is 478 g/mol. The number of carbonyl (C=O) groups is 1. The molecule has 0 radical (unpaired) electrons. The molecule has 1 aromatic heterocycles. The van der Waals surface area contributed by atoms with Crippen LogP contribution in [0.1, 0.15) is 24.2 Å². The highest BCUT2D eigenvalue weighted by molar-refractivity contribution is 6.42. The summed E-state index contributed by atoms with van der Waals surface area (Å²) < 4.78 is 21.2. The number of hydrogen-bond acceptors (Lipinski definition) is 4. The van der Waals surface area contributed by atoms with Gasteiger partial charge in [0.2, 0.25) is 0 Å². The Balaban J connectivity index is 1.64. The third kappa shape index (κ3) is 5.38. The molecule has 3 aromatic carbocycles. The molecule has 0 aliphatic heterocycles. The lowest BCUT2D eigenvalue weighted by atomic mass is 10.2. The van der Waals surface area contributed by atoms with Crippen molar-refractivity contribution in [3.63, 3.8) is 0 Å². The summed E-state index contributed by atoms with van der Waals surface area (Å²) in [4.78, 5) is 16.9. The van der Waals surface area contributed by atoms with E-state index in [0.29, 0.717) is 45.3 Å². The van der Waals surface area contributed by atoms with E-state index >= 15 is 0 Å². The first-order chi connectivity index (χ1) is 16.3. The van der Waals surface area contributed by atoms with Gasteiger partial charge in [-0.3, -0.25) is 4.79 Å². The molecule has 0 spiro atoms. The van der Waals surface area contributed by atoms with E-state index in [4.69, 9.17) is 27.9 Å². The maximum absolute atomic E-state index is 13.9. The molecule has 0 unspecified atom stereocenters. The molecule has 4 rings (SSSR count). The van der Waals surface area contributed by atoms with Crippen molar-refractivity contribution in [2.45, 2.75) is 13.8 Å².